The number of piperazine rings is 1. The molecule has 35 heavy (non-hydrogen) atoms. The van der Waals surface area contributed by atoms with Gasteiger partial charge in [0.15, 0.2) is 9.84 Å². The van der Waals surface area contributed by atoms with Crippen molar-refractivity contribution >= 4 is 44.2 Å². The van der Waals surface area contributed by atoms with Crippen LogP contribution in [0.15, 0.2) is 70.7 Å². The second-order valence-electron chi connectivity index (χ2n) is 9.21. The SMILES string of the molecule is CC1CNCCN1CC1=NN(c2ccccc2Cl)C(c2ccc(-c3cccc(S(C)(=O)=O)c3)s2)C1. The number of rotatable bonds is 6. The Morgan fingerprint density at radius 1 is 1.14 bits per heavy atom. The molecule has 3 heterocycles. The molecule has 1 fully saturated rings. The Balaban J connectivity index is 1.45. The van der Waals surface area contributed by atoms with E-state index in [9.17, 15) is 8.42 Å². The summed E-state index contributed by atoms with van der Waals surface area (Å²) < 4.78 is 24.1. The summed E-state index contributed by atoms with van der Waals surface area (Å²) in [5.74, 6) is 0. The van der Waals surface area contributed by atoms with E-state index >= 15 is 0 Å². The maximum Gasteiger partial charge on any atom is 0.175 e. The predicted molar refractivity (Wildman–Crippen MR) is 145 cm³/mol. The normalized spacial score (nSPS) is 21.3. The summed E-state index contributed by atoms with van der Waals surface area (Å²) in [6.45, 7) is 6.09. The van der Waals surface area contributed by atoms with Crippen LogP contribution in [-0.4, -0.2) is 57.5 Å². The predicted octanol–water partition coefficient (Wildman–Crippen LogP) is 5.07. The van der Waals surface area contributed by atoms with Crippen molar-refractivity contribution in [3.05, 3.63) is 70.6 Å². The van der Waals surface area contributed by atoms with Gasteiger partial charge in [0.25, 0.3) is 0 Å². The summed E-state index contributed by atoms with van der Waals surface area (Å²) in [5.41, 5.74) is 2.96. The maximum absolute atomic E-state index is 12.0. The van der Waals surface area contributed by atoms with E-state index in [4.69, 9.17) is 16.7 Å². The number of hydrogen-bond donors (Lipinski definition) is 1. The lowest BCUT2D eigenvalue weighted by molar-refractivity contribution is 0.198. The highest BCUT2D eigenvalue weighted by Crippen LogP contribution is 2.42. The van der Waals surface area contributed by atoms with Crippen molar-refractivity contribution in [3.63, 3.8) is 0 Å². The average molecular weight is 529 g/mol. The van der Waals surface area contributed by atoms with Crippen LogP contribution in [0.3, 0.4) is 0 Å². The number of hydrazone groups is 1. The number of anilines is 1. The molecule has 2 unspecified atom stereocenters. The summed E-state index contributed by atoms with van der Waals surface area (Å²) in [4.78, 5) is 5.03. The fourth-order valence-electron chi connectivity index (χ4n) is 4.67. The van der Waals surface area contributed by atoms with Gasteiger partial charge in [0.2, 0.25) is 0 Å². The van der Waals surface area contributed by atoms with Crippen LogP contribution in [0.4, 0.5) is 5.69 Å². The number of benzene rings is 2. The van der Waals surface area contributed by atoms with Crippen molar-refractivity contribution < 1.29 is 8.42 Å². The average Bonchev–Trinajstić information content (AvgIpc) is 3.48. The van der Waals surface area contributed by atoms with E-state index in [1.165, 1.54) is 11.1 Å². The Morgan fingerprint density at radius 2 is 1.97 bits per heavy atom. The number of thiophene rings is 1. The zero-order valence-electron chi connectivity index (χ0n) is 19.8. The van der Waals surface area contributed by atoms with Crippen molar-refractivity contribution in [2.45, 2.75) is 30.3 Å². The first kappa shape index (κ1) is 24.5. The van der Waals surface area contributed by atoms with Crippen LogP contribution in [0.25, 0.3) is 10.4 Å². The summed E-state index contributed by atoms with van der Waals surface area (Å²) in [5, 5.41) is 11.3. The van der Waals surface area contributed by atoms with Gasteiger partial charge in [-0.1, -0.05) is 35.9 Å². The standard InChI is InChI=1S/C26H29ClN4O2S2/c1-18-16-28-12-13-30(18)17-20-15-24(31(29-20)23-9-4-3-8-22(23)27)26-11-10-25(34-26)19-6-5-7-21(14-19)35(2,32)33/h3-11,14,18,24,28H,12-13,15-17H2,1-2H3. The minimum atomic E-state index is -3.26. The second-order valence-corrected chi connectivity index (χ2v) is 12.7. The third kappa shape index (κ3) is 5.32. The van der Waals surface area contributed by atoms with Gasteiger partial charge in [0.05, 0.1) is 27.4 Å². The summed E-state index contributed by atoms with van der Waals surface area (Å²) in [6, 6.07) is 19.7. The van der Waals surface area contributed by atoms with Gasteiger partial charge in [-0.05, 0) is 48.9 Å². The van der Waals surface area contributed by atoms with E-state index < -0.39 is 9.84 Å². The first-order valence-corrected chi connectivity index (χ1v) is 14.8. The molecule has 2 aliphatic rings. The largest absolute Gasteiger partial charge is 0.314 e. The fraction of sp³-hybridized carbons (Fsp3) is 0.346. The fourth-order valence-corrected chi connectivity index (χ4v) is 6.65. The number of halogens is 1. The van der Waals surface area contributed by atoms with Gasteiger partial charge < -0.3 is 5.32 Å². The van der Waals surface area contributed by atoms with Crippen LogP contribution >= 0.6 is 22.9 Å². The molecule has 0 bridgehead atoms. The topological polar surface area (TPSA) is 65.0 Å². The van der Waals surface area contributed by atoms with Gasteiger partial charge in [-0.2, -0.15) is 5.10 Å². The third-order valence-electron chi connectivity index (χ3n) is 6.60. The van der Waals surface area contributed by atoms with Gasteiger partial charge >= 0.3 is 0 Å². The zero-order valence-corrected chi connectivity index (χ0v) is 22.2. The Hall–Kier alpha value is -2.23. The molecule has 5 rings (SSSR count). The summed E-state index contributed by atoms with van der Waals surface area (Å²) >= 11 is 8.28. The molecule has 1 N–H and O–H groups in total. The minimum Gasteiger partial charge on any atom is -0.314 e. The van der Waals surface area contributed by atoms with Crippen LogP contribution in [0.2, 0.25) is 5.02 Å². The molecular formula is C26H29ClN4O2S2. The highest BCUT2D eigenvalue weighted by molar-refractivity contribution is 7.90. The first-order chi connectivity index (χ1) is 16.8. The molecule has 2 atom stereocenters. The molecule has 0 amide bonds. The lowest BCUT2D eigenvalue weighted by Crippen LogP contribution is -2.51. The smallest absolute Gasteiger partial charge is 0.175 e. The molecule has 2 aliphatic heterocycles. The molecule has 6 nitrogen and oxygen atoms in total. The van der Waals surface area contributed by atoms with E-state index in [0.717, 1.165) is 54.4 Å². The van der Waals surface area contributed by atoms with Crippen LogP contribution in [0.5, 0.6) is 0 Å². The Morgan fingerprint density at radius 3 is 2.74 bits per heavy atom. The van der Waals surface area contributed by atoms with E-state index in [1.807, 2.05) is 30.3 Å². The summed E-state index contributed by atoms with van der Waals surface area (Å²) in [7, 11) is -3.26. The highest BCUT2D eigenvalue weighted by atomic mass is 35.5. The van der Waals surface area contributed by atoms with Gasteiger partial charge in [-0.15, -0.1) is 11.3 Å². The Kier molecular flexibility index (Phi) is 7.01. The van der Waals surface area contributed by atoms with Crippen molar-refractivity contribution in [1.82, 2.24) is 10.2 Å². The molecule has 3 aromatic rings. The number of nitrogens with zero attached hydrogens (tertiary/aromatic N) is 3. The van der Waals surface area contributed by atoms with E-state index in [1.54, 1.807) is 29.5 Å². The second kappa shape index (κ2) is 10.0. The number of sulfone groups is 1. The molecule has 9 heteroatoms. The molecule has 0 aliphatic carbocycles. The lowest BCUT2D eigenvalue weighted by atomic mass is 10.1. The van der Waals surface area contributed by atoms with E-state index in [2.05, 4.69) is 34.3 Å². The van der Waals surface area contributed by atoms with Crippen LogP contribution in [0, 0.1) is 0 Å². The van der Waals surface area contributed by atoms with Crippen molar-refractivity contribution in [3.8, 4) is 10.4 Å². The van der Waals surface area contributed by atoms with Gasteiger partial charge in [0, 0.05) is 54.7 Å². The van der Waals surface area contributed by atoms with Crippen LogP contribution in [-0.2, 0) is 9.84 Å². The highest BCUT2D eigenvalue weighted by Gasteiger charge is 2.33. The third-order valence-corrected chi connectivity index (χ3v) is 9.26. The van der Waals surface area contributed by atoms with Crippen molar-refractivity contribution in [2.24, 2.45) is 5.10 Å². The molecule has 2 aromatic carbocycles. The first-order valence-electron chi connectivity index (χ1n) is 11.7. The molecule has 0 saturated carbocycles. The number of nitrogens with one attached hydrogen (secondary N) is 1. The lowest BCUT2D eigenvalue weighted by Gasteiger charge is -2.33. The van der Waals surface area contributed by atoms with Crippen LogP contribution in [0.1, 0.15) is 24.3 Å². The van der Waals surface area contributed by atoms with Crippen molar-refractivity contribution in [1.29, 1.82) is 0 Å². The van der Waals surface area contributed by atoms with Gasteiger partial charge in [-0.3, -0.25) is 9.91 Å². The maximum atomic E-state index is 12.0. The molecular weight excluding hydrogens is 500 g/mol. The number of hydrogen-bond acceptors (Lipinski definition) is 7. The summed E-state index contributed by atoms with van der Waals surface area (Å²) in [6.07, 6.45) is 2.06. The monoisotopic (exact) mass is 528 g/mol. The Labute approximate surface area is 216 Å². The minimum absolute atomic E-state index is 0.0416. The van der Waals surface area contributed by atoms with E-state index in [-0.39, 0.29) is 6.04 Å². The molecule has 0 radical (unpaired) electrons. The molecule has 184 valence electrons. The molecule has 1 saturated heterocycles. The van der Waals surface area contributed by atoms with Gasteiger partial charge in [0.1, 0.15) is 0 Å². The number of para-hydroxylation sites is 1. The van der Waals surface area contributed by atoms with Crippen LogP contribution < -0.4 is 10.3 Å². The van der Waals surface area contributed by atoms with E-state index in [0.29, 0.717) is 16.0 Å². The zero-order chi connectivity index (χ0) is 24.6. The molecule has 0 spiro atoms. The van der Waals surface area contributed by atoms with Crippen molar-refractivity contribution in [2.75, 3.05) is 37.4 Å². The quantitative estimate of drug-likeness (QED) is 0.483. The molecule has 1 aromatic heterocycles. The van der Waals surface area contributed by atoms with Gasteiger partial charge in [-0.25, -0.2) is 8.42 Å². The Bertz CT molecular complexity index is 1350.